The number of benzene rings is 1. The lowest BCUT2D eigenvalue weighted by Gasteiger charge is -2.49. The largest absolute Gasteiger partial charge is 0.209 e. The lowest BCUT2D eigenvalue weighted by molar-refractivity contribution is -0.778. The molecule has 0 saturated carbocycles. The Hall–Kier alpha value is -2.41. The third kappa shape index (κ3) is 2.72. The SMILES string of the molecule is CC=CC1(C)C2CC=CC(Cc3ccccc3)=C2c2cccc[n+]2C1(C)C. The van der Waals surface area contributed by atoms with E-state index in [1.165, 1.54) is 22.4 Å². The molecule has 1 aromatic heterocycles. The Kier molecular flexibility index (Phi) is 4.42. The van der Waals surface area contributed by atoms with E-state index >= 15 is 0 Å². The molecule has 0 fully saturated rings. The second-order valence-electron chi connectivity index (χ2n) is 8.59. The summed E-state index contributed by atoms with van der Waals surface area (Å²) in [4.78, 5) is 0. The van der Waals surface area contributed by atoms with Crippen LogP contribution in [0.15, 0.2) is 84.6 Å². The minimum absolute atomic E-state index is 0.00725. The van der Waals surface area contributed by atoms with E-state index in [9.17, 15) is 0 Å². The van der Waals surface area contributed by atoms with Crippen LogP contribution < -0.4 is 4.57 Å². The Labute approximate surface area is 163 Å². The van der Waals surface area contributed by atoms with Crippen molar-refractivity contribution in [3.05, 3.63) is 95.9 Å². The second kappa shape index (κ2) is 6.64. The summed E-state index contributed by atoms with van der Waals surface area (Å²) >= 11 is 0. The van der Waals surface area contributed by atoms with Crippen LogP contribution in [0.2, 0.25) is 0 Å². The topological polar surface area (TPSA) is 3.88 Å². The van der Waals surface area contributed by atoms with Gasteiger partial charge in [0, 0.05) is 37.5 Å². The minimum Gasteiger partial charge on any atom is -0.193 e. The number of aromatic nitrogens is 1. The number of fused-ring (bicyclic) bond motifs is 3. The van der Waals surface area contributed by atoms with Crippen molar-refractivity contribution >= 4 is 5.57 Å². The van der Waals surface area contributed by atoms with Gasteiger partial charge in [0.05, 0.1) is 5.41 Å². The summed E-state index contributed by atoms with van der Waals surface area (Å²) < 4.78 is 2.50. The Bertz CT molecular complexity index is 930. The molecular formula is C26H30N+. The molecule has 2 aromatic rings. The highest BCUT2D eigenvalue weighted by atomic mass is 15.1. The van der Waals surface area contributed by atoms with Gasteiger partial charge in [-0.2, -0.15) is 4.57 Å². The van der Waals surface area contributed by atoms with E-state index in [1.54, 1.807) is 0 Å². The van der Waals surface area contributed by atoms with Crippen LogP contribution >= 0.6 is 0 Å². The molecule has 0 radical (unpaired) electrons. The van der Waals surface area contributed by atoms with E-state index in [2.05, 4.69) is 111 Å². The minimum atomic E-state index is 0.00725. The van der Waals surface area contributed by atoms with Gasteiger partial charge in [-0.15, -0.1) is 0 Å². The molecule has 1 heteroatoms. The lowest BCUT2D eigenvalue weighted by Crippen LogP contribution is -2.67. The van der Waals surface area contributed by atoms with E-state index in [1.807, 2.05) is 0 Å². The first-order valence-corrected chi connectivity index (χ1v) is 10.1. The number of rotatable bonds is 3. The van der Waals surface area contributed by atoms with Gasteiger partial charge in [-0.3, -0.25) is 0 Å². The maximum absolute atomic E-state index is 2.50. The van der Waals surface area contributed by atoms with E-state index in [4.69, 9.17) is 0 Å². The van der Waals surface area contributed by atoms with Gasteiger partial charge >= 0.3 is 0 Å². The Morgan fingerprint density at radius 3 is 2.52 bits per heavy atom. The lowest BCUT2D eigenvalue weighted by atomic mass is 9.56. The Balaban J connectivity index is 1.96. The predicted molar refractivity (Wildman–Crippen MR) is 113 cm³/mol. The zero-order chi connectivity index (χ0) is 19.1. The molecule has 0 amide bonds. The molecule has 1 aliphatic heterocycles. The van der Waals surface area contributed by atoms with E-state index in [0.29, 0.717) is 5.92 Å². The Morgan fingerprint density at radius 1 is 1.04 bits per heavy atom. The fourth-order valence-corrected chi connectivity index (χ4v) is 5.14. The quantitative estimate of drug-likeness (QED) is 0.478. The van der Waals surface area contributed by atoms with Crippen LogP contribution in [0.4, 0.5) is 0 Å². The second-order valence-corrected chi connectivity index (χ2v) is 8.59. The van der Waals surface area contributed by atoms with Crippen molar-refractivity contribution < 1.29 is 4.57 Å². The smallest absolute Gasteiger partial charge is 0.193 e. The number of hydrogen-bond acceptors (Lipinski definition) is 0. The average molecular weight is 357 g/mol. The highest BCUT2D eigenvalue weighted by molar-refractivity contribution is 5.73. The molecule has 0 spiro atoms. The van der Waals surface area contributed by atoms with Crippen LogP contribution in [0.25, 0.3) is 5.57 Å². The zero-order valence-corrected chi connectivity index (χ0v) is 16.9. The van der Waals surface area contributed by atoms with Crippen molar-refractivity contribution in [1.82, 2.24) is 0 Å². The summed E-state index contributed by atoms with van der Waals surface area (Å²) in [6.45, 7) is 9.38. The molecule has 2 atom stereocenters. The molecule has 2 unspecified atom stereocenters. The fraction of sp³-hybridized carbons (Fsp3) is 0.346. The van der Waals surface area contributed by atoms with Crippen LogP contribution in [0.3, 0.4) is 0 Å². The van der Waals surface area contributed by atoms with Gasteiger partial charge in [-0.25, -0.2) is 0 Å². The van der Waals surface area contributed by atoms with Crippen molar-refractivity contribution in [2.75, 3.05) is 0 Å². The molecule has 2 aliphatic rings. The molecular weight excluding hydrogens is 326 g/mol. The summed E-state index contributed by atoms with van der Waals surface area (Å²) in [5.41, 5.74) is 5.82. The maximum Gasteiger partial charge on any atom is 0.209 e. The normalized spacial score (nSPS) is 26.1. The number of allylic oxidation sites excluding steroid dienone is 6. The summed E-state index contributed by atoms with van der Waals surface area (Å²) in [5, 5.41) is 0. The van der Waals surface area contributed by atoms with Gasteiger partial charge in [-0.1, -0.05) is 54.6 Å². The van der Waals surface area contributed by atoms with Gasteiger partial charge < -0.3 is 0 Å². The van der Waals surface area contributed by atoms with Gasteiger partial charge in [-0.05, 0) is 43.9 Å². The molecule has 1 nitrogen and oxygen atoms in total. The van der Waals surface area contributed by atoms with Crippen LogP contribution in [0, 0.1) is 11.3 Å². The van der Waals surface area contributed by atoms with E-state index in [-0.39, 0.29) is 11.0 Å². The molecule has 27 heavy (non-hydrogen) atoms. The maximum atomic E-state index is 2.50. The zero-order valence-electron chi connectivity index (χ0n) is 16.9. The molecule has 2 heterocycles. The third-order valence-electron chi connectivity index (χ3n) is 6.92. The number of hydrogen-bond donors (Lipinski definition) is 0. The van der Waals surface area contributed by atoms with Gasteiger partial charge in [0.25, 0.3) is 0 Å². The van der Waals surface area contributed by atoms with E-state index < -0.39 is 0 Å². The van der Waals surface area contributed by atoms with Crippen LogP contribution in [-0.4, -0.2) is 0 Å². The number of nitrogens with zero attached hydrogens (tertiary/aromatic N) is 1. The summed E-state index contributed by atoms with van der Waals surface area (Å²) in [6.07, 6.45) is 13.8. The van der Waals surface area contributed by atoms with Crippen LogP contribution in [0.1, 0.15) is 45.4 Å². The average Bonchev–Trinajstić information content (AvgIpc) is 2.68. The standard InChI is InChI=1S/C26H30N/c1-5-17-26(4)22-15-11-14-21(19-20-12-7-6-8-13-20)24(22)23-16-9-10-18-27(23)25(26,2)3/h5-14,16-18,22H,15,19H2,1-4H3/q+1. The molecule has 0 saturated heterocycles. The summed E-state index contributed by atoms with van der Waals surface area (Å²) in [5.74, 6) is 0.495. The summed E-state index contributed by atoms with van der Waals surface area (Å²) in [6, 6.07) is 17.5. The first-order valence-electron chi connectivity index (χ1n) is 10.1. The van der Waals surface area contributed by atoms with Gasteiger partial charge in [0.15, 0.2) is 11.7 Å². The highest BCUT2D eigenvalue weighted by Gasteiger charge is 2.58. The van der Waals surface area contributed by atoms with Crippen molar-refractivity contribution in [3.8, 4) is 0 Å². The highest BCUT2D eigenvalue weighted by Crippen LogP contribution is 2.54. The van der Waals surface area contributed by atoms with Crippen LogP contribution in [-0.2, 0) is 12.0 Å². The van der Waals surface area contributed by atoms with Gasteiger partial charge in [0.2, 0.25) is 5.69 Å². The predicted octanol–water partition coefficient (Wildman–Crippen LogP) is 5.88. The van der Waals surface area contributed by atoms with Crippen molar-refractivity contribution in [2.24, 2.45) is 11.3 Å². The monoisotopic (exact) mass is 356 g/mol. The number of pyridine rings is 1. The Morgan fingerprint density at radius 2 is 1.78 bits per heavy atom. The molecule has 0 N–H and O–H groups in total. The molecule has 4 rings (SSSR count). The van der Waals surface area contributed by atoms with Crippen molar-refractivity contribution in [3.63, 3.8) is 0 Å². The fourth-order valence-electron chi connectivity index (χ4n) is 5.14. The first kappa shape index (κ1) is 18.0. The van der Waals surface area contributed by atoms with Crippen molar-refractivity contribution in [1.29, 1.82) is 0 Å². The van der Waals surface area contributed by atoms with Crippen LogP contribution in [0.5, 0.6) is 0 Å². The summed E-state index contributed by atoms with van der Waals surface area (Å²) in [7, 11) is 0. The molecule has 138 valence electrons. The third-order valence-corrected chi connectivity index (χ3v) is 6.92. The van der Waals surface area contributed by atoms with Gasteiger partial charge in [0.1, 0.15) is 0 Å². The van der Waals surface area contributed by atoms with E-state index in [0.717, 1.165) is 12.8 Å². The van der Waals surface area contributed by atoms with Crippen molar-refractivity contribution in [2.45, 2.75) is 46.1 Å². The first-order chi connectivity index (χ1) is 13.0. The molecule has 0 bridgehead atoms. The molecule has 1 aliphatic carbocycles. The molecule has 1 aromatic carbocycles.